The highest BCUT2D eigenvalue weighted by molar-refractivity contribution is 6.32. The molecule has 0 unspecified atom stereocenters. The molecule has 1 spiro atoms. The average molecular weight is 407 g/mol. The minimum Gasteiger partial charge on any atom is -0.392 e. The van der Waals surface area contributed by atoms with Crippen molar-refractivity contribution < 1.29 is 19.2 Å². The van der Waals surface area contributed by atoms with Crippen molar-refractivity contribution in [2.75, 3.05) is 13.1 Å². The first-order valence-corrected chi connectivity index (χ1v) is 10.1. The van der Waals surface area contributed by atoms with Gasteiger partial charge in [-0.15, -0.1) is 0 Å². The summed E-state index contributed by atoms with van der Waals surface area (Å²) in [5.74, 6) is 0.157. The minimum absolute atomic E-state index is 0.140. The van der Waals surface area contributed by atoms with Gasteiger partial charge in [-0.25, -0.2) is 9.78 Å². The number of aromatic nitrogens is 1. The van der Waals surface area contributed by atoms with Gasteiger partial charge in [0, 0.05) is 38.2 Å². The van der Waals surface area contributed by atoms with Crippen LogP contribution in [0.5, 0.6) is 0 Å². The lowest BCUT2D eigenvalue weighted by molar-refractivity contribution is -0.0568. The van der Waals surface area contributed by atoms with Gasteiger partial charge >= 0.3 is 6.09 Å². The summed E-state index contributed by atoms with van der Waals surface area (Å²) in [5, 5.41) is 7.05. The number of carbonyl (C=O) groups excluding carboxylic acids is 2. The van der Waals surface area contributed by atoms with Crippen LogP contribution in [-0.2, 0) is 9.57 Å². The molecular formula is C19H23ClN4O4. The van der Waals surface area contributed by atoms with Crippen molar-refractivity contribution in [3.8, 4) is 0 Å². The third-order valence-electron chi connectivity index (χ3n) is 5.65. The number of amides is 2. The van der Waals surface area contributed by atoms with Gasteiger partial charge < -0.3 is 19.8 Å². The van der Waals surface area contributed by atoms with Crippen LogP contribution in [0.1, 0.15) is 55.3 Å². The summed E-state index contributed by atoms with van der Waals surface area (Å²) < 4.78 is 5.33. The maximum atomic E-state index is 12.7. The lowest BCUT2D eigenvalue weighted by atomic mass is 9.88. The van der Waals surface area contributed by atoms with Crippen molar-refractivity contribution in [3.63, 3.8) is 0 Å². The van der Waals surface area contributed by atoms with Crippen LogP contribution < -0.4 is 5.32 Å². The van der Waals surface area contributed by atoms with Gasteiger partial charge in [0.2, 0.25) is 5.90 Å². The molecule has 9 heteroatoms. The van der Waals surface area contributed by atoms with Gasteiger partial charge in [0.15, 0.2) is 0 Å². The maximum Gasteiger partial charge on any atom is 0.414 e. The van der Waals surface area contributed by atoms with Crippen LogP contribution in [0.15, 0.2) is 23.5 Å². The van der Waals surface area contributed by atoms with Crippen LogP contribution >= 0.6 is 11.6 Å². The molecule has 150 valence electrons. The van der Waals surface area contributed by atoms with E-state index in [1.165, 1.54) is 0 Å². The van der Waals surface area contributed by atoms with E-state index in [9.17, 15) is 9.59 Å². The van der Waals surface area contributed by atoms with Gasteiger partial charge in [0.05, 0.1) is 12.0 Å². The fourth-order valence-corrected chi connectivity index (χ4v) is 4.22. The van der Waals surface area contributed by atoms with E-state index in [0.717, 1.165) is 25.7 Å². The molecule has 0 radical (unpaired) electrons. The normalized spacial score (nSPS) is 21.3. The summed E-state index contributed by atoms with van der Waals surface area (Å²) in [6.07, 6.45) is 6.99. The number of nitrogens with one attached hydrogen (secondary N) is 1. The molecular weight excluding hydrogens is 384 g/mol. The van der Waals surface area contributed by atoms with Gasteiger partial charge in [-0.3, -0.25) is 4.79 Å². The van der Waals surface area contributed by atoms with E-state index < -0.39 is 11.7 Å². The number of pyridine rings is 1. The molecule has 3 aliphatic rings. The molecule has 0 bridgehead atoms. The van der Waals surface area contributed by atoms with Gasteiger partial charge in [-0.1, -0.05) is 29.6 Å². The molecule has 1 aliphatic carbocycles. The highest BCUT2D eigenvalue weighted by atomic mass is 35.5. The molecule has 2 amide bonds. The zero-order valence-corrected chi connectivity index (χ0v) is 16.3. The number of carbonyl (C=O) groups is 2. The Hall–Kier alpha value is -2.35. The summed E-state index contributed by atoms with van der Waals surface area (Å²) in [7, 11) is 0. The van der Waals surface area contributed by atoms with E-state index in [0.29, 0.717) is 43.8 Å². The molecule has 0 aromatic carbocycles. The Morgan fingerprint density at radius 3 is 2.75 bits per heavy atom. The topological polar surface area (TPSA) is 93.1 Å². The Morgan fingerprint density at radius 1 is 1.29 bits per heavy atom. The summed E-state index contributed by atoms with van der Waals surface area (Å²) in [6, 6.07) is 3.56. The van der Waals surface area contributed by atoms with Crippen LogP contribution in [0.4, 0.5) is 4.79 Å². The summed E-state index contributed by atoms with van der Waals surface area (Å²) in [6.45, 7) is 1.03. The number of ether oxygens (including phenoxy) is 1. The predicted octanol–water partition coefficient (Wildman–Crippen LogP) is 3.11. The Kier molecular flexibility index (Phi) is 5.39. The molecule has 0 atom stereocenters. The summed E-state index contributed by atoms with van der Waals surface area (Å²) in [5.41, 5.74) is -0.116. The molecule has 4 rings (SSSR count). The van der Waals surface area contributed by atoms with Crippen LogP contribution in [0.2, 0.25) is 5.15 Å². The van der Waals surface area contributed by atoms with E-state index in [1.807, 2.05) is 0 Å². The van der Waals surface area contributed by atoms with Crippen molar-refractivity contribution in [1.82, 2.24) is 15.2 Å². The second-order valence-corrected chi connectivity index (χ2v) is 7.94. The summed E-state index contributed by atoms with van der Waals surface area (Å²) >= 11 is 6.03. The zero-order chi connectivity index (χ0) is 19.6. The molecule has 1 saturated heterocycles. The number of rotatable bonds is 2. The van der Waals surface area contributed by atoms with E-state index in [4.69, 9.17) is 21.2 Å². The van der Waals surface area contributed by atoms with Crippen LogP contribution in [0, 0.1) is 0 Å². The van der Waals surface area contributed by atoms with Crippen molar-refractivity contribution in [1.29, 1.82) is 0 Å². The number of nitrogens with zero attached hydrogens (tertiary/aromatic N) is 3. The van der Waals surface area contributed by atoms with E-state index in [2.05, 4.69) is 15.5 Å². The second-order valence-electron chi connectivity index (χ2n) is 7.59. The average Bonchev–Trinajstić information content (AvgIpc) is 3.33. The highest BCUT2D eigenvalue weighted by Crippen LogP contribution is 2.35. The first-order valence-electron chi connectivity index (χ1n) is 9.68. The molecule has 28 heavy (non-hydrogen) atoms. The summed E-state index contributed by atoms with van der Waals surface area (Å²) in [4.78, 5) is 36.0. The largest absolute Gasteiger partial charge is 0.414 e. The smallest absolute Gasteiger partial charge is 0.392 e. The Labute approximate surface area is 168 Å². The van der Waals surface area contributed by atoms with E-state index >= 15 is 0 Å². The van der Waals surface area contributed by atoms with Crippen LogP contribution in [0.25, 0.3) is 0 Å². The number of hydrogen-bond donors (Lipinski definition) is 1. The SMILES string of the molecule is O=C(NC1CCCC1)OC1=NOC2(CCN(C(=O)c3cccnc3Cl)CC2)C1. The Morgan fingerprint density at radius 2 is 2.04 bits per heavy atom. The fraction of sp³-hybridized carbons (Fsp3) is 0.579. The number of piperidine rings is 1. The van der Waals surface area contributed by atoms with E-state index in [1.54, 1.807) is 23.2 Å². The molecule has 1 aromatic heterocycles. The molecule has 1 aromatic rings. The monoisotopic (exact) mass is 406 g/mol. The van der Waals surface area contributed by atoms with Gasteiger partial charge in [0.25, 0.3) is 5.91 Å². The maximum absolute atomic E-state index is 12.7. The minimum atomic E-state index is -0.515. The highest BCUT2D eigenvalue weighted by Gasteiger charge is 2.44. The lowest BCUT2D eigenvalue weighted by Crippen LogP contribution is -2.47. The zero-order valence-electron chi connectivity index (χ0n) is 15.5. The second kappa shape index (κ2) is 7.95. The van der Waals surface area contributed by atoms with E-state index in [-0.39, 0.29) is 17.1 Å². The Bertz CT molecular complexity index is 786. The number of hydrogen-bond acceptors (Lipinski definition) is 6. The number of alkyl carbamates (subject to hydrolysis) is 1. The number of halogens is 1. The molecule has 8 nitrogen and oxygen atoms in total. The fourth-order valence-electron chi connectivity index (χ4n) is 4.02. The molecule has 2 aliphatic heterocycles. The third-order valence-corrected chi connectivity index (χ3v) is 5.95. The van der Waals surface area contributed by atoms with Crippen molar-refractivity contribution in [2.24, 2.45) is 5.16 Å². The standard InChI is InChI=1S/C19H23ClN4O4/c20-16-14(6-3-9-21-16)17(25)24-10-7-19(8-11-24)12-15(23-28-19)27-18(26)22-13-4-1-2-5-13/h3,6,9,13H,1-2,4-5,7-8,10-12H2,(H,22,26). The van der Waals surface area contributed by atoms with Crippen molar-refractivity contribution in [2.45, 2.75) is 56.6 Å². The van der Waals surface area contributed by atoms with Crippen LogP contribution in [-0.4, -0.2) is 52.5 Å². The molecule has 2 fully saturated rings. The number of likely N-dealkylation sites (tertiary alicyclic amines) is 1. The number of oxime groups is 1. The first-order chi connectivity index (χ1) is 13.5. The van der Waals surface area contributed by atoms with Gasteiger partial charge in [-0.05, 0) is 25.0 Å². The first kappa shape index (κ1) is 19.0. The van der Waals surface area contributed by atoms with Crippen molar-refractivity contribution in [3.05, 3.63) is 29.0 Å². The molecule has 3 heterocycles. The molecule has 1 N–H and O–H groups in total. The lowest BCUT2D eigenvalue weighted by Gasteiger charge is -2.37. The molecule has 1 saturated carbocycles. The van der Waals surface area contributed by atoms with Gasteiger partial charge in [-0.2, -0.15) is 0 Å². The Balaban J connectivity index is 1.27. The van der Waals surface area contributed by atoms with Gasteiger partial charge in [0.1, 0.15) is 10.8 Å². The van der Waals surface area contributed by atoms with Crippen LogP contribution in [0.3, 0.4) is 0 Å². The predicted molar refractivity (Wildman–Crippen MR) is 102 cm³/mol. The van der Waals surface area contributed by atoms with Crippen molar-refractivity contribution >= 4 is 29.5 Å². The quantitative estimate of drug-likeness (QED) is 0.761. The third kappa shape index (κ3) is 4.06.